The van der Waals surface area contributed by atoms with E-state index in [4.69, 9.17) is 11.6 Å². The van der Waals surface area contributed by atoms with E-state index in [1.807, 2.05) is 43.3 Å². The van der Waals surface area contributed by atoms with Gasteiger partial charge >= 0.3 is 0 Å². The van der Waals surface area contributed by atoms with E-state index < -0.39 is 11.5 Å². The largest absolute Gasteiger partial charge is 0.375 e. The second-order valence-corrected chi connectivity index (χ2v) is 9.19. The lowest BCUT2D eigenvalue weighted by Gasteiger charge is -2.23. The van der Waals surface area contributed by atoms with Gasteiger partial charge in [0.1, 0.15) is 0 Å². The van der Waals surface area contributed by atoms with Gasteiger partial charge in [0.2, 0.25) is 0 Å². The third kappa shape index (κ3) is 3.89. The number of carbonyl (C=O) groups excluding carboxylic acids is 2. The van der Waals surface area contributed by atoms with Gasteiger partial charge in [-0.1, -0.05) is 53.6 Å². The number of fused-ring (bicyclic) bond motifs is 1. The first kappa shape index (κ1) is 21.0. The van der Waals surface area contributed by atoms with Gasteiger partial charge in [-0.3, -0.25) is 9.59 Å². The molecule has 0 aromatic heterocycles. The van der Waals surface area contributed by atoms with Crippen molar-refractivity contribution in [3.8, 4) is 0 Å². The molecule has 0 radical (unpaired) electrons. The zero-order chi connectivity index (χ0) is 21.5. The third-order valence-corrected chi connectivity index (χ3v) is 6.29. The molecule has 1 amide bonds. The van der Waals surface area contributed by atoms with Crippen LogP contribution in [0.25, 0.3) is 0 Å². The zero-order valence-corrected chi connectivity index (χ0v) is 19.1. The summed E-state index contributed by atoms with van der Waals surface area (Å²) in [4.78, 5) is 27.8. The van der Waals surface area contributed by atoms with E-state index in [1.165, 1.54) is 4.90 Å². The minimum atomic E-state index is -1.95. The fraction of sp³-hybridized carbons (Fsp3) is 0.167. The number of Topliss-reactive ketones (excluding diaryl/α,β-unsaturated/α-hetero) is 1. The number of aliphatic hydroxyl groups is 1. The molecule has 0 bridgehead atoms. The lowest BCUT2D eigenvalue weighted by atomic mass is 9.88. The van der Waals surface area contributed by atoms with Crippen LogP contribution in [-0.2, 0) is 16.9 Å². The van der Waals surface area contributed by atoms with Crippen molar-refractivity contribution < 1.29 is 14.7 Å². The van der Waals surface area contributed by atoms with Crippen molar-refractivity contribution >= 4 is 51.6 Å². The maximum Gasteiger partial charge on any atom is 0.264 e. The Hall–Kier alpha value is -2.22. The monoisotopic (exact) mass is 531 g/mol. The third-order valence-electron chi connectivity index (χ3n) is 5.34. The van der Waals surface area contributed by atoms with Gasteiger partial charge in [-0.25, -0.2) is 0 Å². The highest BCUT2D eigenvalue weighted by atomic mass is 127. The Balaban J connectivity index is 1.70. The summed E-state index contributed by atoms with van der Waals surface area (Å²) < 4.78 is 1.00. The Morgan fingerprint density at radius 2 is 1.73 bits per heavy atom. The predicted molar refractivity (Wildman–Crippen MR) is 126 cm³/mol. The molecule has 1 heterocycles. The van der Waals surface area contributed by atoms with Gasteiger partial charge in [-0.15, -0.1) is 0 Å². The van der Waals surface area contributed by atoms with Crippen molar-refractivity contribution in [3.63, 3.8) is 0 Å². The van der Waals surface area contributed by atoms with E-state index in [-0.39, 0.29) is 12.2 Å². The van der Waals surface area contributed by atoms with Gasteiger partial charge < -0.3 is 10.0 Å². The minimum absolute atomic E-state index is 0.299. The standard InChI is InChI=1S/C24H19ClINO3/c1-15-2-4-16(5-3-15)14-27-21-11-8-18(25)12-20(21)24(30,23(27)29)13-22(28)17-6-9-19(26)10-7-17/h2-12,30H,13-14H2,1H3. The number of anilines is 1. The van der Waals surface area contributed by atoms with Crippen LogP contribution in [0.5, 0.6) is 0 Å². The molecule has 1 atom stereocenters. The highest BCUT2D eigenvalue weighted by molar-refractivity contribution is 14.1. The van der Waals surface area contributed by atoms with E-state index in [0.29, 0.717) is 28.4 Å². The zero-order valence-electron chi connectivity index (χ0n) is 16.2. The molecule has 0 fully saturated rings. The maximum absolute atomic E-state index is 13.4. The van der Waals surface area contributed by atoms with E-state index >= 15 is 0 Å². The highest BCUT2D eigenvalue weighted by Crippen LogP contribution is 2.44. The molecular formula is C24H19ClINO3. The molecule has 30 heavy (non-hydrogen) atoms. The van der Waals surface area contributed by atoms with Gasteiger partial charge in [-0.05, 0) is 65.4 Å². The van der Waals surface area contributed by atoms with Gasteiger partial charge in [0.25, 0.3) is 5.91 Å². The second-order valence-electron chi connectivity index (χ2n) is 7.51. The number of halogens is 2. The molecule has 152 valence electrons. The Morgan fingerprint density at radius 3 is 2.40 bits per heavy atom. The number of hydrogen-bond donors (Lipinski definition) is 1. The number of carbonyl (C=O) groups is 2. The Bertz CT molecular complexity index is 1130. The van der Waals surface area contributed by atoms with Crippen LogP contribution in [0, 0.1) is 10.5 Å². The predicted octanol–water partition coefficient (Wildman–Crippen LogP) is 5.26. The average Bonchev–Trinajstić information content (AvgIpc) is 2.91. The van der Waals surface area contributed by atoms with Gasteiger partial charge in [-0.2, -0.15) is 0 Å². The Kier molecular flexibility index (Phi) is 5.70. The van der Waals surface area contributed by atoms with Crippen molar-refractivity contribution in [3.05, 3.63) is 97.6 Å². The number of amides is 1. The second kappa shape index (κ2) is 8.13. The first-order chi connectivity index (χ1) is 14.3. The molecule has 4 rings (SSSR count). The van der Waals surface area contributed by atoms with Crippen molar-refractivity contribution in [1.29, 1.82) is 0 Å². The van der Waals surface area contributed by atoms with Crippen LogP contribution in [0.1, 0.15) is 33.5 Å². The van der Waals surface area contributed by atoms with Crippen molar-refractivity contribution in [2.75, 3.05) is 4.90 Å². The molecule has 4 nitrogen and oxygen atoms in total. The molecule has 1 N–H and O–H groups in total. The minimum Gasteiger partial charge on any atom is -0.375 e. The van der Waals surface area contributed by atoms with Gasteiger partial charge in [0, 0.05) is 19.7 Å². The first-order valence-corrected chi connectivity index (χ1v) is 10.9. The lowest BCUT2D eigenvalue weighted by molar-refractivity contribution is -0.136. The Labute approximate surface area is 193 Å². The van der Waals surface area contributed by atoms with E-state index in [9.17, 15) is 14.7 Å². The summed E-state index contributed by atoms with van der Waals surface area (Å²) >= 11 is 8.33. The summed E-state index contributed by atoms with van der Waals surface area (Å²) in [5.41, 5.74) is 1.50. The topological polar surface area (TPSA) is 57.6 Å². The van der Waals surface area contributed by atoms with Crippen LogP contribution in [0.15, 0.2) is 66.7 Å². The van der Waals surface area contributed by atoms with Crippen LogP contribution in [0.2, 0.25) is 5.02 Å². The normalized spacial score (nSPS) is 17.9. The SMILES string of the molecule is Cc1ccc(CN2C(=O)C(O)(CC(=O)c3ccc(I)cc3)c3cc(Cl)ccc32)cc1. The summed E-state index contributed by atoms with van der Waals surface area (Å²) in [6, 6.07) is 19.9. The quantitative estimate of drug-likeness (QED) is 0.361. The molecule has 3 aromatic carbocycles. The maximum atomic E-state index is 13.4. The van der Waals surface area contributed by atoms with E-state index in [1.54, 1.807) is 30.3 Å². The summed E-state index contributed by atoms with van der Waals surface area (Å²) in [7, 11) is 0. The smallest absolute Gasteiger partial charge is 0.264 e. The fourth-order valence-corrected chi connectivity index (χ4v) is 4.23. The molecule has 0 saturated carbocycles. The number of ketones is 1. The molecule has 0 spiro atoms. The molecule has 1 aliphatic heterocycles. The number of hydrogen-bond acceptors (Lipinski definition) is 3. The molecule has 6 heteroatoms. The number of aryl methyl sites for hydroxylation is 1. The van der Waals surface area contributed by atoms with E-state index in [2.05, 4.69) is 22.6 Å². The average molecular weight is 532 g/mol. The summed E-state index contributed by atoms with van der Waals surface area (Å²) in [5, 5.41) is 11.8. The summed E-state index contributed by atoms with van der Waals surface area (Å²) in [6.45, 7) is 2.30. The first-order valence-electron chi connectivity index (χ1n) is 9.46. The number of benzene rings is 3. The molecule has 0 aliphatic carbocycles. The van der Waals surface area contributed by atoms with Crippen molar-refractivity contribution in [2.24, 2.45) is 0 Å². The van der Waals surface area contributed by atoms with Crippen molar-refractivity contribution in [2.45, 2.75) is 25.5 Å². The van der Waals surface area contributed by atoms with Gasteiger partial charge in [0.15, 0.2) is 11.4 Å². The van der Waals surface area contributed by atoms with Crippen LogP contribution in [0.3, 0.4) is 0 Å². The number of nitrogens with zero attached hydrogens (tertiary/aromatic N) is 1. The van der Waals surface area contributed by atoms with Crippen molar-refractivity contribution in [1.82, 2.24) is 0 Å². The Morgan fingerprint density at radius 1 is 1.07 bits per heavy atom. The van der Waals surface area contributed by atoms with Gasteiger partial charge in [0.05, 0.1) is 18.7 Å². The molecular weight excluding hydrogens is 513 g/mol. The highest BCUT2D eigenvalue weighted by Gasteiger charge is 2.51. The molecule has 1 unspecified atom stereocenters. The van der Waals surface area contributed by atoms with Crippen LogP contribution in [0.4, 0.5) is 5.69 Å². The van der Waals surface area contributed by atoms with Crippen LogP contribution >= 0.6 is 34.2 Å². The van der Waals surface area contributed by atoms with Crippen LogP contribution < -0.4 is 4.90 Å². The fourth-order valence-electron chi connectivity index (χ4n) is 3.70. The molecule has 1 aliphatic rings. The number of rotatable bonds is 5. The van der Waals surface area contributed by atoms with E-state index in [0.717, 1.165) is 14.7 Å². The molecule has 0 saturated heterocycles. The van der Waals surface area contributed by atoms with Crippen LogP contribution in [-0.4, -0.2) is 16.8 Å². The molecule has 3 aromatic rings. The lowest BCUT2D eigenvalue weighted by Crippen LogP contribution is -2.41. The summed E-state index contributed by atoms with van der Waals surface area (Å²) in [6.07, 6.45) is -0.343. The summed E-state index contributed by atoms with van der Waals surface area (Å²) in [5.74, 6) is -0.815.